The summed E-state index contributed by atoms with van der Waals surface area (Å²) in [5, 5.41) is 2.93. The van der Waals surface area contributed by atoms with Crippen LogP contribution in [0.15, 0.2) is 42.5 Å². The number of carbonyl (C=O) groups excluding carboxylic acids is 3. The monoisotopic (exact) mass is 476 g/mol. The summed E-state index contributed by atoms with van der Waals surface area (Å²) < 4.78 is 5.18. The molecule has 0 radical (unpaired) electrons. The normalized spacial score (nSPS) is 19.3. The van der Waals surface area contributed by atoms with Gasteiger partial charge in [0.1, 0.15) is 18.3 Å². The molecule has 0 unspecified atom stereocenters. The van der Waals surface area contributed by atoms with E-state index < -0.39 is 0 Å². The van der Waals surface area contributed by atoms with Gasteiger partial charge < -0.3 is 19.9 Å². The van der Waals surface area contributed by atoms with Gasteiger partial charge in [0.2, 0.25) is 11.8 Å². The predicted molar refractivity (Wildman–Crippen MR) is 134 cm³/mol. The van der Waals surface area contributed by atoms with Gasteiger partial charge in [-0.25, -0.2) is 0 Å². The summed E-state index contributed by atoms with van der Waals surface area (Å²) in [5.74, 6) is 0.442. The van der Waals surface area contributed by atoms with Crippen LogP contribution in [0.25, 0.3) is 0 Å². The number of amides is 3. The van der Waals surface area contributed by atoms with E-state index >= 15 is 0 Å². The first-order valence-electron chi connectivity index (χ1n) is 12.5. The number of rotatable bonds is 6. The maximum Gasteiger partial charge on any atom is 0.253 e. The van der Waals surface area contributed by atoms with Crippen LogP contribution >= 0.6 is 0 Å². The summed E-state index contributed by atoms with van der Waals surface area (Å²) >= 11 is 0. The van der Waals surface area contributed by atoms with Crippen molar-refractivity contribution in [3.05, 3.63) is 53.6 Å². The highest BCUT2D eigenvalue weighted by Gasteiger charge is 2.40. The molecule has 2 saturated heterocycles. The van der Waals surface area contributed by atoms with E-state index in [9.17, 15) is 14.4 Å². The van der Waals surface area contributed by atoms with Crippen LogP contribution in [0.2, 0.25) is 0 Å². The standard InChI is InChI=1S/C27H32N4O4/c1-35-21-10-7-19(8-11-21)17-28-25(32)18-31-24-16-20(26(33)29-13-4-5-14-29)9-12-22(24)30-15-3-2-6-23(30)27(31)34/h7-12,16,23H,2-6,13-15,17-18H2,1H3,(H,28,32)/t23-/m1/s1. The van der Waals surface area contributed by atoms with Crippen LogP contribution in [0, 0.1) is 0 Å². The average molecular weight is 477 g/mol. The average Bonchev–Trinajstić information content (AvgIpc) is 3.44. The van der Waals surface area contributed by atoms with Gasteiger partial charge in [-0.05, 0) is 68.0 Å². The van der Waals surface area contributed by atoms with Crippen LogP contribution in [0.5, 0.6) is 5.75 Å². The third kappa shape index (κ3) is 4.70. The fourth-order valence-electron chi connectivity index (χ4n) is 5.30. The molecule has 35 heavy (non-hydrogen) atoms. The molecule has 3 aliphatic heterocycles. The number of hydrogen-bond acceptors (Lipinski definition) is 5. The van der Waals surface area contributed by atoms with E-state index in [0.29, 0.717) is 17.8 Å². The summed E-state index contributed by atoms with van der Waals surface area (Å²) in [7, 11) is 1.61. The van der Waals surface area contributed by atoms with Crippen molar-refractivity contribution in [1.29, 1.82) is 0 Å². The summed E-state index contributed by atoms with van der Waals surface area (Å²) in [6.07, 6.45) is 4.83. The molecule has 2 aromatic rings. The molecule has 8 heteroatoms. The van der Waals surface area contributed by atoms with E-state index in [0.717, 1.165) is 68.7 Å². The molecule has 2 fully saturated rings. The Bertz CT molecular complexity index is 1110. The first-order chi connectivity index (χ1) is 17.0. The second-order valence-corrected chi connectivity index (χ2v) is 9.46. The smallest absolute Gasteiger partial charge is 0.253 e. The molecule has 1 N–H and O–H groups in total. The molecular formula is C27H32N4O4. The lowest BCUT2D eigenvalue weighted by atomic mass is 9.95. The molecule has 2 aromatic carbocycles. The Morgan fingerprint density at radius 3 is 2.46 bits per heavy atom. The SMILES string of the molecule is COc1ccc(CNC(=O)CN2C(=O)[C@H]3CCCCN3c3ccc(C(=O)N4CCCC4)cc32)cc1. The molecule has 3 amide bonds. The van der Waals surface area contributed by atoms with Gasteiger partial charge in [-0.1, -0.05) is 12.1 Å². The number of benzene rings is 2. The van der Waals surface area contributed by atoms with Gasteiger partial charge in [0.05, 0.1) is 18.5 Å². The van der Waals surface area contributed by atoms with Crippen molar-refractivity contribution in [3.8, 4) is 5.75 Å². The van der Waals surface area contributed by atoms with Crippen LogP contribution in [0.4, 0.5) is 11.4 Å². The summed E-state index contributed by atoms with van der Waals surface area (Å²) in [5.41, 5.74) is 3.09. The molecule has 3 aliphatic rings. The second kappa shape index (κ2) is 9.98. The van der Waals surface area contributed by atoms with Gasteiger partial charge in [0.15, 0.2) is 0 Å². The number of ether oxygens (including phenoxy) is 1. The largest absolute Gasteiger partial charge is 0.497 e. The van der Waals surface area contributed by atoms with Crippen molar-refractivity contribution in [2.45, 2.75) is 44.7 Å². The van der Waals surface area contributed by atoms with Crippen LogP contribution in [-0.4, -0.2) is 62.0 Å². The minimum atomic E-state index is -0.259. The third-order valence-corrected chi connectivity index (χ3v) is 7.22. The molecule has 184 valence electrons. The molecule has 3 heterocycles. The van der Waals surface area contributed by atoms with Gasteiger partial charge in [0, 0.05) is 31.7 Å². The van der Waals surface area contributed by atoms with Crippen LogP contribution in [-0.2, 0) is 16.1 Å². The predicted octanol–water partition coefficient (Wildman–Crippen LogP) is 2.95. The van der Waals surface area contributed by atoms with Crippen LogP contribution in [0.1, 0.15) is 48.0 Å². The minimum Gasteiger partial charge on any atom is -0.497 e. The molecule has 5 rings (SSSR count). The summed E-state index contributed by atoms with van der Waals surface area (Å²) in [4.78, 5) is 45.1. The van der Waals surface area contributed by atoms with Crippen molar-refractivity contribution in [3.63, 3.8) is 0 Å². The molecule has 0 aromatic heterocycles. The van der Waals surface area contributed by atoms with Gasteiger partial charge in [-0.2, -0.15) is 0 Å². The molecule has 0 saturated carbocycles. The van der Waals surface area contributed by atoms with Crippen molar-refractivity contribution in [2.24, 2.45) is 0 Å². The van der Waals surface area contributed by atoms with Crippen molar-refractivity contribution >= 4 is 29.1 Å². The Kier molecular flexibility index (Phi) is 6.61. The number of likely N-dealkylation sites (tertiary alicyclic amines) is 1. The lowest BCUT2D eigenvalue weighted by molar-refractivity contribution is -0.125. The van der Waals surface area contributed by atoms with Crippen LogP contribution in [0.3, 0.4) is 0 Å². The topological polar surface area (TPSA) is 82.2 Å². The zero-order chi connectivity index (χ0) is 24.4. The quantitative estimate of drug-likeness (QED) is 0.693. The Labute approximate surface area is 205 Å². The fourth-order valence-corrected chi connectivity index (χ4v) is 5.30. The first-order valence-corrected chi connectivity index (χ1v) is 12.5. The molecule has 8 nitrogen and oxygen atoms in total. The fraction of sp³-hybridized carbons (Fsp3) is 0.444. The number of hydrogen-bond donors (Lipinski definition) is 1. The molecular weight excluding hydrogens is 444 g/mol. The van der Waals surface area contributed by atoms with Gasteiger partial charge in [-0.3, -0.25) is 19.3 Å². The lowest BCUT2D eigenvalue weighted by Gasteiger charge is -2.45. The van der Waals surface area contributed by atoms with E-state index in [4.69, 9.17) is 4.74 Å². The van der Waals surface area contributed by atoms with E-state index in [-0.39, 0.29) is 30.3 Å². The zero-order valence-corrected chi connectivity index (χ0v) is 20.2. The highest BCUT2D eigenvalue weighted by atomic mass is 16.5. The molecule has 0 bridgehead atoms. The number of anilines is 2. The number of piperidine rings is 1. The number of nitrogens with one attached hydrogen (secondary N) is 1. The summed E-state index contributed by atoms with van der Waals surface area (Å²) in [6, 6.07) is 12.9. The maximum atomic E-state index is 13.5. The van der Waals surface area contributed by atoms with E-state index in [1.807, 2.05) is 41.3 Å². The Balaban J connectivity index is 1.37. The number of fused-ring (bicyclic) bond motifs is 3. The third-order valence-electron chi connectivity index (χ3n) is 7.22. The molecule has 1 atom stereocenters. The lowest BCUT2D eigenvalue weighted by Crippen LogP contribution is -2.57. The molecule has 0 spiro atoms. The Morgan fingerprint density at radius 2 is 1.71 bits per heavy atom. The minimum absolute atomic E-state index is 0.0116. The van der Waals surface area contributed by atoms with E-state index in [1.165, 1.54) is 0 Å². The Morgan fingerprint density at radius 1 is 0.971 bits per heavy atom. The van der Waals surface area contributed by atoms with Gasteiger partial charge in [0.25, 0.3) is 5.91 Å². The van der Waals surface area contributed by atoms with Crippen LogP contribution < -0.4 is 19.9 Å². The van der Waals surface area contributed by atoms with Crippen molar-refractivity contribution in [1.82, 2.24) is 10.2 Å². The van der Waals surface area contributed by atoms with E-state index in [1.54, 1.807) is 18.1 Å². The maximum absolute atomic E-state index is 13.5. The van der Waals surface area contributed by atoms with Crippen molar-refractivity contribution < 1.29 is 19.1 Å². The van der Waals surface area contributed by atoms with Gasteiger partial charge in [-0.15, -0.1) is 0 Å². The number of methoxy groups -OCH3 is 1. The summed E-state index contributed by atoms with van der Waals surface area (Å²) in [6.45, 7) is 2.62. The second-order valence-electron chi connectivity index (χ2n) is 9.46. The van der Waals surface area contributed by atoms with Gasteiger partial charge >= 0.3 is 0 Å². The first kappa shape index (κ1) is 23.2. The van der Waals surface area contributed by atoms with Crippen molar-refractivity contribution in [2.75, 3.05) is 43.1 Å². The highest BCUT2D eigenvalue weighted by Crippen LogP contribution is 2.40. The number of nitrogens with zero attached hydrogens (tertiary/aromatic N) is 3. The van der Waals surface area contributed by atoms with E-state index in [2.05, 4.69) is 10.2 Å². The highest BCUT2D eigenvalue weighted by molar-refractivity contribution is 6.09. The zero-order valence-electron chi connectivity index (χ0n) is 20.2. The Hall–Kier alpha value is -3.55. The number of carbonyl (C=O) groups is 3. The molecule has 0 aliphatic carbocycles.